The van der Waals surface area contributed by atoms with E-state index in [1.54, 1.807) is 4.90 Å². The van der Waals surface area contributed by atoms with Gasteiger partial charge in [0, 0.05) is 39.3 Å². The Hall–Kier alpha value is -1.05. The van der Waals surface area contributed by atoms with Gasteiger partial charge in [-0.3, -0.25) is 4.90 Å². The van der Waals surface area contributed by atoms with E-state index >= 15 is 0 Å². The van der Waals surface area contributed by atoms with Gasteiger partial charge < -0.3 is 20.1 Å². The molecule has 2 amide bonds. The molecule has 1 fully saturated rings. The Morgan fingerprint density at radius 3 is 2.58 bits per heavy atom. The van der Waals surface area contributed by atoms with E-state index in [2.05, 4.69) is 10.2 Å². The Morgan fingerprint density at radius 1 is 1.17 bits per heavy atom. The predicted molar refractivity (Wildman–Crippen MR) is 94.6 cm³/mol. The van der Waals surface area contributed by atoms with Crippen LogP contribution in [0.15, 0.2) is 18.2 Å². The number of carbonyl (C=O) groups excluding carboxylic acids is 1. The highest BCUT2D eigenvalue weighted by molar-refractivity contribution is 6.42. The molecule has 1 aromatic rings. The van der Waals surface area contributed by atoms with Gasteiger partial charge in [0.1, 0.15) is 0 Å². The van der Waals surface area contributed by atoms with Crippen molar-refractivity contribution >= 4 is 29.2 Å². The monoisotopic (exact) mass is 375 g/mol. The third-order valence-corrected chi connectivity index (χ3v) is 4.55. The Labute approximate surface area is 152 Å². The molecular formula is C16H23Cl2N3O3. The summed E-state index contributed by atoms with van der Waals surface area (Å²) >= 11 is 12.0. The number of amides is 2. The summed E-state index contributed by atoms with van der Waals surface area (Å²) in [6, 6.07) is 5.59. The lowest BCUT2D eigenvalue weighted by atomic mass is 10.2. The van der Waals surface area contributed by atoms with Crippen LogP contribution >= 0.6 is 23.2 Å². The molecule has 2 rings (SSSR count). The van der Waals surface area contributed by atoms with Crippen molar-refractivity contribution in [3.8, 4) is 0 Å². The maximum absolute atomic E-state index is 12.0. The van der Waals surface area contributed by atoms with Gasteiger partial charge >= 0.3 is 6.03 Å². The maximum atomic E-state index is 12.0. The van der Waals surface area contributed by atoms with Crippen LogP contribution in [0.2, 0.25) is 10.0 Å². The number of carbonyl (C=O) groups is 1. The minimum absolute atomic E-state index is 0.00522. The number of aliphatic hydroxyl groups is 1. The van der Waals surface area contributed by atoms with Gasteiger partial charge in [-0.25, -0.2) is 4.79 Å². The van der Waals surface area contributed by atoms with Crippen LogP contribution in [0, 0.1) is 0 Å². The number of piperazine rings is 1. The molecule has 8 heteroatoms. The van der Waals surface area contributed by atoms with Crippen LogP contribution in [0.5, 0.6) is 0 Å². The molecule has 0 spiro atoms. The van der Waals surface area contributed by atoms with Crippen molar-refractivity contribution in [2.75, 3.05) is 52.5 Å². The fraction of sp³-hybridized carbons (Fsp3) is 0.562. The third kappa shape index (κ3) is 6.11. The number of hydrogen-bond acceptors (Lipinski definition) is 4. The summed E-state index contributed by atoms with van der Waals surface area (Å²) in [4.78, 5) is 16.1. The van der Waals surface area contributed by atoms with E-state index in [1.165, 1.54) is 0 Å². The van der Waals surface area contributed by atoms with Crippen molar-refractivity contribution in [3.63, 3.8) is 0 Å². The molecule has 1 heterocycles. The second-order valence-electron chi connectivity index (χ2n) is 5.58. The van der Waals surface area contributed by atoms with E-state index in [0.717, 1.165) is 25.2 Å². The second kappa shape index (κ2) is 10.1. The molecule has 134 valence electrons. The number of benzene rings is 1. The average molecular weight is 376 g/mol. The van der Waals surface area contributed by atoms with Crippen molar-refractivity contribution in [1.29, 1.82) is 0 Å². The highest BCUT2D eigenvalue weighted by Gasteiger charge is 2.20. The fourth-order valence-corrected chi connectivity index (χ4v) is 2.83. The summed E-state index contributed by atoms with van der Waals surface area (Å²) in [5, 5.41) is 12.5. The molecule has 0 aliphatic carbocycles. The highest BCUT2D eigenvalue weighted by atomic mass is 35.5. The van der Waals surface area contributed by atoms with Gasteiger partial charge in [-0.2, -0.15) is 0 Å². The van der Waals surface area contributed by atoms with Crippen LogP contribution in [0.1, 0.15) is 5.56 Å². The lowest BCUT2D eigenvalue weighted by Gasteiger charge is -2.34. The zero-order valence-corrected chi connectivity index (χ0v) is 15.0. The highest BCUT2D eigenvalue weighted by Crippen LogP contribution is 2.23. The number of urea groups is 1. The molecule has 1 saturated heterocycles. The molecule has 0 saturated carbocycles. The number of ether oxygens (including phenoxy) is 1. The Kier molecular flexibility index (Phi) is 8.08. The van der Waals surface area contributed by atoms with Gasteiger partial charge in [-0.05, 0) is 17.7 Å². The van der Waals surface area contributed by atoms with E-state index in [4.69, 9.17) is 33.0 Å². The molecule has 0 aromatic heterocycles. The molecule has 6 nitrogen and oxygen atoms in total. The first kappa shape index (κ1) is 19.3. The fourth-order valence-electron chi connectivity index (χ4n) is 2.51. The summed E-state index contributed by atoms with van der Waals surface area (Å²) in [6.07, 6.45) is 0. The normalized spacial score (nSPS) is 15.5. The number of rotatable bonds is 7. The average Bonchev–Trinajstić information content (AvgIpc) is 2.58. The van der Waals surface area contributed by atoms with Crippen molar-refractivity contribution in [3.05, 3.63) is 33.8 Å². The first-order valence-electron chi connectivity index (χ1n) is 7.98. The number of halogens is 2. The molecule has 0 radical (unpaired) electrons. The predicted octanol–water partition coefficient (Wildman–Crippen LogP) is 1.83. The summed E-state index contributed by atoms with van der Waals surface area (Å²) < 4.78 is 5.11. The molecular weight excluding hydrogens is 353 g/mol. The second-order valence-corrected chi connectivity index (χ2v) is 6.39. The number of aliphatic hydroxyl groups excluding tert-OH is 1. The summed E-state index contributed by atoms with van der Waals surface area (Å²) in [5.74, 6) is 0. The number of nitrogens with zero attached hydrogens (tertiary/aromatic N) is 2. The van der Waals surface area contributed by atoms with Gasteiger partial charge in [-0.15, -0.1) is 0 Å². The van der Waals surface area contributed by atoms with Gasteiger partial charge in [0.25, 0.3) is 0 Å². The minimum Gasteiger partial charge on any atom is -0.394 e. The minimum atomic E-state index is -0.0724. The molecule has 1 aliphatic rings. The van der Waals surface area contributed by atoms with Gasteiger partial charge in [0.15, 0.2) is 0 Å². The molecule has 0 atom stereocenters. The SMILES string of the molecule is O=C(NCCOCCO)N1CCN(Cc2ccc(Cl)c(Cl)c2)CC1. The summed E-state index contributed by atoms with van der Waals surface area (Å²) in [6.45, 7) is 4.93. The topological polar surface area (TPSA) is 65.0 Å². The van der Waals surface area contributed by atoms with Gasteiger partial charge in [0.2, 0.25) is 0 Å². The van der Waals surface area contributed by atoms with E-state index in [1.807, 2.05) is 18.2 Å². The molecule has 0 bridgehead atoms. The Bertz CT molecular complexity index is 537. The van der Waals surface area contributed by atoms with Crippen LogP contribution < -0.4 is 5.32 Å². The number of nitrogens with one attached hydrogen (secondary N) is 1. The molecule has 24 heavy (non-hydrogen) atoms. The van der Waals surface area contributed by atoms with Crippen molar-refractivity contribution in [2.45, 2.75) is 6.54 Å². The largest absolute Gasteiger partial charge is 0.394 e. The van der Waals surface area contributed by atoms with Crippen LogP contribution in [0.4, 0.5) is 4.79 Å². The quantitative estimate of drug-likeness (QED) is 0.713. The zero-order valence-electron chi connectivity index (χ0n) is 13.5. The Balaban J connectivity index is 1.69. The van der Waals surface area contributed by atoms with Crippen molar-refractivity contribution in [1.82, 2.24) is 15.1 Å². The lowest BCUT2D eigenvalue weighted by Crippen LogP contribution is -2.51. The van der Waals surface area contributed by atoms with E-state index in [0.29, 0.717) is 42.9 Å². The smallest absolute Gasteiger partial charge is 0.317 e. The third-order valence-electron chi connectivity index (χ3n) is 3.81. The summed E-state index contributed by atoms with van der Waals surface area (Å²) in [5.41, 5.74) is 1.11. The molecule has 1 aromatic carbocycles. The van der Waals surface area contributed by atoms with Crippen LogP contribution in [0.25, 0.3) is 0 Å². The van der Waals surface area contributed by atoms with E-state index < -0.39 is 0 Å². The van der Waals surface area contributed by atoms with Crippen LogP contribution in [0.3, 0.4) is 0 Å². The number of hydrogen-bond donors (Lipinski definition) is 2. The van der Waals surface area contributed by atoms with E-state index in [9.17, 15) is 4.79 Å². The van der Waals surface area contributed by atoms with Gasteiger partial charge in [-0.1, -0.05) is 29.3 Å². The van der Waals surface area contributed by atoms with Crippen molar-refractivity contribution < 1.29 is 14.6 Å². The van der Waals surface area contributed by atoms with Crippen LogP contribution in [-0.2, 0) is 11.3 Å². The lowest BCUT2D eigenvalue weighted by molar-refractivity contribution is 0.0920. The molecule has 2 N–H and O–H groups in total. The maximum Gasteiger partial charge on any atom is 0.317 e. The van der Waals surface area contributed by atoms with Crippen molar-refractivity contribution in [2.24, 2.45) is 0 Å². The first-order chi connectivity index (χ1) is 11.6. The first-order valence-corrected chi connectivity index (χ1v) is 8.73. The van der Waals surface area contributed by atoms with E-state index in [-0.39, 0.29) is 12.6 Å². The summed E-state index contributed by atoms with van der Waals surface area (Å²) in [7, 11) is 0. The van der Waals surface area contributed by atoms with Gasteiger partial charge in [0.05, 0.1) is 29.9 Å². The molecule has 0 unspecified atom stereocenters. The Morgan fingerprint density at radius 2 is 1.92 bits per heavy atom. The molecule has 1 aliphatic heterocycles. The zero-order chi connectivity index (χ0) is 17.4. The standard InChI is InChI=1S/C16H23Cl2N3O3/c17-14-2-1-13(11-15(14)18)12-20-4-6-21(7-5-20)16(23)19-3-9-24-10-8-22/h1-2,11,22H,3-10,12H2,(H,19,23). The van der Waals surface area contributed by atoms with Crippen LogP contribution in [-0.4, -0.2) is 73.5 Å².